The third kappa shape index (κ3) is 2.19. The van der Waals surface area contributed by atoms with Crippen molar-refractivity contribution in [3.05, 3.63) is 23.8 Å². The molecule has 14 heavy (non-hydrogen) atoms. The molecule has 0 bridgehead atoms. The minimum absolute atomic E-state index is 0.863. The van der Waals surface area contributed by atoms with Crippen LogP contribution < -0.4 is 10.6 Å². The van der Waals surface area contributed by atoms with Crippen molar-refractivity contribution in [1.82, 2.24) is 0 Å². The molecule has 0 atom stereocenters. The van der Waals surface area contributed by atoms with E-state index in [0.29, 0.717) is 0 Å². The van der Waals surface area contributed by atoms with Crippen LogP contribution in [0.3, 0.4) is 0 Å². The third-order valence-electron chi connectivity index (χ3n) is 2.46. The van der Waals surface area contributed by atoms with Crippen LogP contribution in [0.4, 0.5) is 11.4 Å². The van der Waals surface area contributed by atoms with Gasteiger partial charge in [-0.15, -0.1) is 0 Å². The number of hydrogen-bond donors (Lipinski definition) is 1. The first-order valence-corrected chi connectivity index (χ1v) is 5.37. The average molecular weight is 192 g/mol. The number of nitrogens with zero attached hydrogens (tertiary/aromatic N) is 1. The van der Waals surface area contributed by atoms with E-state index in [2.05, 4.69) is 24.1 Å². The summed E-state index contributed by atoms with van der Waals surface area (Å²) in [5.41, 5.74) is 9.32. The van der Waals surface area contributed by atoms with Crippen molar-refractivity contribution in [2.45, 2.75) is 26.7 Å². The molecule has 1 aromatic rings. The van der Waals surface area contributed by atoms with Crippen molar-refractivity contribution >= 4 is 11.4 Å². The van der Waals surface area contributed by atoms with Gasteiger partial charge in [0.2, 0.25) is 0 Å². The number of nitrogens with two attached hydrogens (primary N) is 1. The first-order valence-electron chi connectivity index (χ1n) is 5.37. The Hall–Kier alpha value is -1.18. The molecule has 2 nitrogen and oxygen atoms in total. The second-order valence-electron chi connectivity index (χ2n) is 3.41. The minimum Gasteiger partial charge on any atom is -0.399 e. The van der Waals surface area contributed by atoms with Crippen LogP contribution in [0.5, 0.6) is 0 Å². The van der Waals surface area contributed by atoms with Gasteiger partial charge < -0.3 is 10.6 Å². The van der Waals surface area contributed by atoms with E-state index in [4.69, 9.17) is 5.73 Å². The van der Waals surface area contributed by atoms with Crippen LogP contribution in [0, 0.1) is 0 Å². The molecule has 1 heterocycles. The highest BCUT2D eigenvalue weighted by Crippen LogP contribution is 2.27. The molecule has 0 spiro atoms. The zero-order valence-corrected chi connectivity index (χ0v) is 9.38. The highest BCUT2D eigenvalue weighted by Gasteiger charge is 2.12. The quantitative estimate of drug-likeness (QED) is 0.640. The molecule has 1 aliphatic rings. The summed E-state index contributed by atoms with van der Waals surface area (Å²) in [6, 6.07) is 6.19. The Morgan fingerprint density at radius 1 is 1.29 bits per heavy atom. The van der Waals surface area contributed by atoms with Crippen LogP contribution in [0.2, 0.25) is 0 Å². The Labute approximate surface area is 86.7 Å². The number of hydrogen-bond acceptors (Lipinski definition) is 2. The average Bonchev–Trinajstić information content (AvgIpc) is 2.22. The lowest BCUT2D eigenvalue weighted by Gasteiger charge is -2.27. The fourth-order valence-electron chi connectivity index (χ4n) is 1.77. The Balaban J connectivity index is 0.000000461. The predicted molar refractivity (Wildman–Crippen MR) is 63.8 cm³/mol. The molecule has 2 N–H and O–H groups in total. The Bertz CT molecular complexity index is 294. The van der Waals surface area contributed by atoms with Crippen molar-refractivity contribution < 1.29 is 0 Å². The fourth-order valence-corrected chi connectivity index (χ4v) is 1.77. The molecule has 0 fully saturated rings. The van der Waals surface area contributed by atoms with Crippen LogP contribution >= 0.6 is 0 Å². The van der Waals surface area contributed by atoms with Crippen molar-refractivity contribution in [3.63, 3.8) is 0 Å². The van der Waals surface area contributed by atoms with Crippen molar-refractivity contribution in [3.8, 4) is 0 Å². The molecular weight excluding hydrogens is 172 g/mol. The van der Waals surface area contributed by atoms with Gasteiger partial charge >= 0.3 is 0 Å². The van der Waals surface area contributed by atoms with Gasteiger partial charge in [0, 0.05) is 25.0 Å². The van der Waals surface area contributed by atoms with Gasteiger partial charge in [-0.3, -0.25) is 0 Å². The van der Waals surface area contributed by atoms with Crippen LogP contribution in [-0.4, -0.2) is 13.6 Å². The van der Waals surface area contributed by atoms with E-state index in [1.807, 2.05) is 19.9 Å². The van der Waals surface area contributed by atoms with Crippen molar-refractivity contribution in [2.24, 2.45) is 0 Å². The van der Waals surface area contributed by atoms with E-state index in [-0.39, 0.29) is 0 Å². The Morgan fingerprint density at radius 3 is 2.71 bits per heavy atom. The fraction of sp³-hybridized carbons (Fsp3) is 0.500. The maximum atomic E-state index is 5.72. The molecule has 0 saturated carbocycles. The molecule has 0 aliphatic carbocycles. The maximum absolute atomic E-state index is 5.72. The minimum atomic E-state index is 0.863. The molecule has 1 aromatic carbocycles. The van der Waals surface area contributed by atoms with Crippen LogP contribution in [0.1, 0.15) is 25.8 Å². The largest absolute Gasteiger partial charge is 0.399 e. The first kappa shape index (κ1) is 10.9. The topological polar surface area (TPSA) is 29.3 Å². The van der Waals surface area contributed by atoms with Gasteiger partial charge in [-0.05, 0) is 30.5 Å². The summed E-state index contributed by atoms with van der Waals surface area (Å²) in [4.78, 5) is 2.27. The highest BCUT2D eigenvalue weighted by molar-refractivity contribution is 5.62. The summed E-state index contributed by atoms with van der Waals surface area (Å²) in [7, 11) is 2.12. The molecule has 0 radical (unpaired) electrons. The molecule has 2 rings (SSSR count). The van der Waals surface area contributed by atoms with Crippen molar-refractivity contribution in [1.29, 1.82) is 0 Å². The summed E-state index contributed by atoms with van der Waals surface area (Å²) in [5, 5.41) is 0. The smallest absolute Gasteiger partial charge is 0.0416 e. The SMILES string of the molecule is CC.CN1CCCc2ccc(N)cc21. The van der Waals surface area contributed by atoms with Gasteiger partial charge in [-0.25, -0.2) is 0 Å². The Kier molecular flexibility index (Phi) is 3.81. The number of anilines is 2. The molecule has 0 saturated heterocycles. The number of fused-ring (bicyclic) bond motifs is 1. The summed E-state index contributed by atoms with van der Waals surface area (Å²) in [5.74, 6) is 0. The van der Waals surface area contributed by atoms with E-state index in [9.17, 15) is 0 Å². The summed E-state index contributed by atoms with van der Waals surface area (Å²) >= 11 is 0. The van der Waals surface area contributed by atoms with Gasteiger partial charge in [0.25, 0.3) is 0 Å². The number of benzene rings is 1. The van der Waals surface area contributed by atoms with E-state index in [1.165, 1.54) is 24.1 Å². The lowest BCUT2D eigenvalue weighted by atomic mass is 10.0. The van der Waals surface area contributed by atoms with E-state index in [0.717, 1.165) is 12.2 Å². The molecular formula is C12H20N2. The molecule has 78 valence electrons. The second kappa shape index (κ2) is 4.89. The van der Waals surface area contributed by atoms with Gasteiger partial charge in [0.05, 0.1) is 0 Å². The molecule has 2 heteroatoms. The lowest BCUT2D eigenvalue weighted by molar-refractivity contribution is 0.745. The molecule has 0 aromatic heterocycles. The van der Waals surface area contributed by atoms with Crippen LogP contribution in [0.15, 0.2) is 18.2 Å². The monoisotopic (exact) mass is 192 g/mol. The third-order valence-corrected chi connectivity index (χ3v) is 2.46. The van der Waals surface area contributed by atoms with Crippen LogP contribution in [-0.2, 0) is 6.42 Å². The van der Waals surface area contributed by atoms with Gasteiger partial charge in [0.1, 0.15) is 0 Å². The zero-order chi connectivity index (χ0) is 10.6. The van der Waals surface area contributed by atoms with Gasteiger partial charge in [-0.1, -0.05) is 19.9 Å². The first-order chi connectivity index (χ1) is 6.77. The maximum Gasteiger partial charge on any atom is 0.0416 e. The summed E-state index contributed by atoms with van der Waals surface area (Å²) in [6.45, 7) is 5.15. The van der Waals surface area contributed by atoms with Crippen LogP contribution in [0.25, 0.3) is 0 Å². The predicted octanol–water partition coefficient (Wildman–Crippen LogP) is 2.68. The number of rotatable bonds is 0. The number of aryl methyl sites for hydroxylation is 1. The zero-order valence-electron chi connectivity index (χ0n) is 9.38. The molecule has 1 aliphatic heterocycles. The van der Waals surface area contributed by atoms with Gasteiger partial charge in [0.15, 0.2) is 0 Å². The summed E-state index contributed by atoms with van der Waals surface area (Å²) in [6.07, 6.45) is 2.45. The van der Waals surface area contributed by atoms with E-state index in [1.54, 1.807) is 0 Å². The molecule has 0 amide bonds. The Morgan fingerprint density at radius 2 is 2.00 bits per heavy atom. The standard InChI is InChI=1S/C10H14N2.C2H6/c1-12-6-2-3-8-4-5-9(11)7-10(8)12;1-2/h4-5,7H,2-3,6,11H2,1H3;1-2H3. The highest BCUT2D eigenvalue weighted by atomic mass is 15.1. The van der Waals surface area contributed by atoms with Gasteiger partial charge in [-0.2, -0.15) is 0 Å². The van der Waals surface area contributed by atoms with E-state index < -0.39 is 0 Å². The number of nitrogen functional groups attached to an aromatic ring is 1. The van der Waals surface area contributed by atoms with Crippen molar-refractivity contribution in [2.75, 3.05) is 24.2 Å². The summed E-state index contributed by atoms with van der Waals surface area (Å²) < 4.78 is 0. The lowest BCUT2D eigenvalue weighted by Crippen LogP contribution is -2.24. The van der Waals surface area contributed by atoms with E-state index >= 15 is 0 Å². The molecule has 0 unspecified atom stereocenters. The normalized spacial score (nSPS) is 14.1. The second-order valence-corrected chi connectivity index (χ2v) is 3.41.